The molecular formula is C18H34O5Si. The molecule has 0 aromatic heterocycles. The Morgan fingerprint density at radius 1 is 1.38 bits per heavy atom. The summed E-state index contributed by atoms with van der Waals surface area (Å²) in [6.45, 7) is 12.6. The molecule has 0 saturated carbocycles. The SMILES string of the molecule is CCCC[C@H](O)[C@@H](O)[C@H](O[Si](C)(C)C(C)(C)C)[C@H]1CC=CC(=O)O1. The second-order valence-corrected chi connectivity index (χ2v) is 12.9. The molecule has 6 heteroatoms. The van der Waals surface area contributed by atoms with Crippen LogP contribution >= 0.6 is 0 Å². The van der Waals surface area contributed by atoms with Gasteiger partial charge in [-0.1, -0.05) is 46.6 Å². The number of esters is 1. The third kappa shape index (κ3) is 5.69. The van der Waals surface area contributed by atoms with Gasteiger partial charge >= 0.3 is 5.97 Å². The zero-order valence-electron chi connectivity index (χ0n) is 15.9. The number of ether oxygens (including phenoxy) is 1. The molecule has 0 aliphatic carbocycles. The van der Waals surface area contributed by atoms with Crippen molar-refractivity contribution in [2.24, 2.45) is 0 Å². The summed E-state index contributed by atoms with van der Waals surface area (Å²) in [7, 11) is -2.20. The molecule has 0 unspecified atom stereocenters. The molecule has 0 amide bonds. The van der Waals surface area contributed by atoms with E-state index in [0.717, 1.165) is 12.8 Å². The zero-order valence-corrected chi connectivity index (χ0v) is 16.9. The molecule has 0 spiro atoms. The van der Waals surface area contributed by atoms with Gasteiger partial charge in [-0.25, -0.2) is 4.79 Å². The van der Waals surface area contributed by atoms with Gasteiger partial charge in [0, 0.05) is 12.5 Å². The van der Waals surface area contributed by atoms with E-state index in [4.69, 9.17) is 9.16 Å². The number of carbonyl (C=O) groups excluding carboxylic acids is 1. The fourth-order valence-corrected chi connectivity index (χ4v) is 3.75. The van der Waals surface area contributed by atoms with Crippen LogP contribution in [0.5, 0.6) is 0 Å². The molecule has 0 radical (unpaired) electrons. The second kappa shape index (κ2) is 8.60. The molecule has 1 aliphatic heterocycles. The predicted molar refractivity (Wildman–Crippen MR) is 97.2 cm³/mol. The third-order valence-corrected chi connectivity index (χ3v) is 9.55. The third-order valence-electron chi connectivity index (χ3n) is 5.08. The first-order chi connectivity index (χ1) is 11.0. The van der Waals surface area contributed by atoms with Gasteiger partial charge in [0.1, 0.15) is 18.3 Å². The monoisotopic (exact) mass is 358 g/mol. The van der Waals surface area contributed by atoms with Crippen molar-refractivity contribution in [2.45, 2.75) is 95.9 Å². The number of rotatable bonds is 8. The van der Waals surface area contributed by atoms with Crippen LogP contribution in [0.4, 0.5) is 0 Å². The molecule has 0 bridgehead atoms. The van der Waals surface area contributed by atoms with E-state index in [1.165, 1.54) is 6.08 Å². The van der Waals surface area contributed by atoms with Crippen molar-refractivity contribution >= 4 is 14.3 Å². The van der Waals surface area contributed by atoms with E-state index in [1.807, 2.05) is 6.92 Å². The Labute approximate surface area is 147 Å². The molecule has 1 aliphatic rings. The number of hydrogen-bond donors (Lipinski definition) is 2. The molecule has 0 aromatic carbocycles. The highest BCUT2D eigenvalue weighted by Crippen LogP contribution is 2.39. The fourth-order valence-electron chi connectivity index (χ4n) is 2.42. The summed E-state index contributed by atoms with van der Waals surface area (Å²) >= 11 is 0. The number of aliphatic hydroxyl groups excluding tert-OH is 2. The highest BCUT2D eigenvalue weighted by molar-refractivity contribution is 6.74. The van der Waals surface area contributed by atoms with Crippen LogP contribution in [-0.4, -0.2) is 48.9 Å². The maximum atomic E-state index is 11.6. The van der Waals surface area contributed by atoms with Crippen LogP contribution in [0.1, 0.15) is 53.4 Å². The van der Waals surface area contributed by atoms with Crippen LogP contribution in [-0.2, 0) is 14.0 Å². The largest absolute Gasteiger partial charge is 0.456 e. The summed E-state index contributed by atoms with van der Waals surface area (Å²) in [6.07, 6.45) is 2.65. The van der Waals surface area contributed by atoms with Gasteiger partial charge in [0.2, 0.25) is 0 Å². The lowest BCUT2D eigenvalue weighted by molar-refractivity contribution is -0.159. The Morgan fingerprint density at radius 3 is 2.50 bits per heavy atom. The van der Waals surface area contributed by atoms with Crippen molar-refractivity contribution in [3.05, 3.63) is 12.2 Å². The minimum Gasteiger partial charge on any atom is -0.456 e. The standard InChI is InChI=1S/C18H34O5Si/c1-7-8-10-13(19)16(21)17(14-11-9-12-15(20)22-14)23-24(5,6)18(2,3)4/h9,12-14,16-17,19,21H,7-8,10-11H2,1-6H3/t13-,14+,16+,17+/m0/s1. The Balaban J connectivity index is 2.98. The smallest absolute Gasteiger partial charge is 0.330 e. The van der Waals surface area contributed by atoms with Crippen molar-refractivity contribution in [1.82, 2.24) is 0 Å². The van der Waals surface area contributed by atoms with Gasteiger partial charge in [0.05, 0.1) is 6.10 Å². The van der Waals surface area contributed by atoms with E-state index < -0.39 is 38.7 Å². The average molecular weight is 359 g/mol. The van der Waals surface area contributed by atoms with Crippen LogP contribution in [0.3, 0.4) is 0 Å². The number of aliphatic hydroxyl groups is 2. The minimum atomic E-state index is -2.20. The fraction of sp³-hybridized carbons (Fsp3) is 0.833. The van der Waals surface area contributed by atoms with Crippen molar-refractivity contribution < 1.29 is 24.2 Å². The first kappa shape index (κ1) is 21.3. The Morgan fingerprint density at radius 2 is 2.00 bits per heavy atom. The van der Waals surface area contributed by atoms with Crippen molar-refractivity contribution in [1.29, 1.82) is 0 Å². The molecule has 1 rings (SSSR count). The van der Waals surface area contributed by atoms with Crippen LogP contribution in [0, 0.1) is 0 Å². The summed E-state index contributed by atoms with van der Waals surface area (Å²) in [4.78, 5) is 11.6. The van der Waals surface area contributed by atoms with Gasteiger partial charge in [-0.15, -0.1) is 0 Å². The lowest BCUT2D eigenvalue weighted by Crippen LogP contribution is -2.55. The van der Waals surface area contributed by atoms with Crippen LogP contribution in [0.2, 0.25) is 18.1 Å². The number of unbranched alkanes of at least 4 members (excludes halogenated alkanes) is 1. The Kier molecular flexibility index (Phi) is 7.65. The van der Waals surface area contributed by atoms with E-state index in [9.17, 15) is 15.0 Å². The molecule has 2 N–H and O–H groups in total. The highest BCUT2D eigenvalue weighted by atomic mass is 28.4. The van der Waals surface area contributed by atoms with Crippen molar-refractivity contribution in [2.75, 3.05) is 0 Å². The summed E-state index contributed by atoms with van der Waals surface area (Å²) in [6, 6.07) is 0. The van der Waals surface area contributed by atoms with Gasteiger partial charge < -0.3 is 19.4 Å². The lowest BCUT2D eigenvalue weighted by Gasteiger charge is -2.43. The molecule has 5 nitrogen and oxygen atoms in total. The van der Waals surface area contributed by atoms with E-state index >= 15 is 0 Å². The lowest BCUT2D eigenvalue weighted by atomic mass is 9.97. The van der Waals surface area contributed by atoms with Gasteiger partial charge in [-0.05, 0) is 24.6 Å². The summed E-state index contributed by atoms with van der Waals surface area (Å²) < 4.78 is 11.8. The number of carbonyl (C=O) groups is 1. The van der Waals surface area contributed by atoms with Gasteiger partial charge in [-0.2, -0.15) is 0 Å². The number of hydrogen-bond acceptors (Lipinski definition) is 5. The summed E-state index contributed by atoms with van der Waals surface area (Å²) in [5, 5.41) is 21.0. The molecule has 0 aromatic rings. The molecule has 1 heterocycles. The quantitative estimate of drug-likeness (QED) is 0.515. The highest BCUT2D eigenvalue weighted by Gasteiger charge is 2.45. The Bertz CT molecular complexity index is 441. The minimum absolute atomic E-state index is 0.0478. The molecule has 24 heavy (non-hydrogen) atoms. The molecule has 140 valence electrons. The van der Waals surface area contributed by atoms with Crippen molar-refractivity contribution in [3.8, 4) is 0 Å². The van der Waals surface area contributed by atoms with Gasteiger partial charge in [-0.3, -0.25) is 0 Å². The number of cyclic esters (lactones) is 1. The molecular weight excluding hydrogens is 324 g/mol. The molecule has 4 atom stereocenters. The van der Waals surface area contributed by atoms with E-state index in [2.05, 4.69) is 33.9 Å². The average Bonchev–Trinajstić information content (AvgIpc) is 2.48. The van der Waals surface area contributed by atoms with E-state index in [-0.39, 0.29) is 5.04 Å². The normalized spacial score (nSPS) is 22.8. The second-order valence-electron chi connectivity index (χ2n) is 8.16. The molecule has 0 saturated heterocycles. The van der Waals surface area contributed by atoms with Crippen LogP contribution in [0.15, 0.2) is 12.2 Å². The summed E-state index contributed by atoms with van der Waals surface area (Å²) in [5.74, 6) is -0.426. The maximum Gasteiger partial charge on any atom is 0.330 e. The predicted octanol–water partition coefficient (Wildman–Crippen LogP) is 3.16. The topological polar surface area (TPSA) is 76.0 Å². The first-order valence-corrected chi connectivity index (χ1v) is 11.8. The van der Waals surface area contributed by atoms with Crippen LogP contribution < -0.4 is 0 Å². The van der Waals surface area contributed by atoms with Gasteiger partial charge in [0.15, 0.2) is 8.32 Å². The Hall–Kier alpha value is -0.693. The van der Waals surface area contributed by atoms with E-state index in [1.54, 1.807) is 6.08 Å². The van der Waals surface area contributed by atoms with Gasteiger partial charge in [0.25, 0.3) is 0 Å². The van der Waals surface area contributed by atoms with E-state index in [0.29, 0.717) is 12.8 Å². The van der Waals surface area contributed by atoms with Crippen molar-refractivity contribution in [3.63, 3.8) is 0 Å². The maximum absolute atomic E-state index is 11.6. The van der Waals surface area contributed by atoms with Crippen LogP contribution in [0.25, 0.3) is 0 Å². The first-order valence-electron chi connectivity index (χ1n) is 8.90. The molecule has 0 fully saturated rings. The summed E-state index contributed by atoms with van der Waals surface area (Å²) in [5.41, 5.74) is 0. The zero-order chi connectivity index (χ0) is 18.5.